The van der Waals surface area contributed by atoms with E-state index in [1.807, 2.05) is 4.90 Å². The van der Waals surface area contributed by atoms with E-state index in [0.29, 0.717) is 18.4 Å². The van der Waals surface area contributed by atoms with Crippen LogP contribution in [0.3, 0.4) is 0 Å². The lowest BCUT2D eigenvalue weighted by atomic mass is 9.97. The quantitative estimate of drug-likeness (QED) is 0.723. The van der Waals surface area contributed by atoms with E-state index in [9.17, 15) is 4.79 Å². The molecule has 0 unspecified atom stereocenters. The molecule has 2 aliphatic rings. The number of carbonyl (C=O) groups excluding carboxylic acids is 1. The summed E-state index contributed by atoms with van der Waals surface area (Å²) in [5, 5.41) is 0. The summed E-state index contributed by atoms with van der Waals surface area (Å²) >= 11 is 0. The minimum absolute atomic E-state index is 0.317. The summed E-state index contributed by atoms with van der Waals surface area (Å²) in [7, 11) is 1.74. The molecule has 0 aromatic rings. The van der Waals surface area contributed by atoms with E-state index in [2.05, 4.69) is 17.9 Å². The van der Waals surface area contributed by atoms with E-state index in [-0.39, 0.29) is 0 Å². The smallest absolute Gasteiger partial charge is 0.226 e. The predicted octanol–water partition coefficient (Wildman–Crippen LogP) is 2.06. The third kappa shape index (κ3) is 4.32. The van der Waals surface area contributed by atoms with Gasteiger partial charge in [-0.3, -0.25) is 9.69 Å². The van der Waals surface area contributed by atoms with Gasteiger partial charge in [0.25, 0.3) is 0 Å². The Morgan fingerprint density at radius 3 is 2.65 bits per heavy atom. The monoisotopic (exact) mass is 280 g/mol. The molecule has 0 saturated carbocycles. The molecule has 0 N–H and O–H groups in total. The molecule has 1 aliphatic heterocycles. The number of rotatable bonds is 5. The van der Waals surface area contributed by atoms with Crippen LogP contribution in [0, 0.1) is 0 Å². The lowest BCUT2D eigenvalue weighted by molar-refractivity contribution is -0.132. The van der Waals surface area contributed by atoms with Crippen molar-refractivity contribution in [1.29, 1.82) is 0 Å². The van der Waals surface area contributed by atoms with Crippen molar-refractivity contribution in [2.75, 3.05) is 39.9 Å². The zero-order valence-corrected chi connectivity index (χ0v) is 12.9. The molecule has 20 heavy (non-hydrogen) atoms. The van der Waals surface area contributed by atoms with Crippen LogP contribution in [-0.2, 0) is 9.53 Å². The average molecular weight is 280 g/mol. The van der Waals surface area contributed by atoms with E-state index < -0.39 is 0 Å². The topological polar surface area (TPSA) is 32.8 Å². The fourth-order valence-electron chi connectivity index (χ4n) is 3.13. The van der Waals surface area contributed by atoms with Crippen LogP contribution in [0.15, 0.2) is 11.6 Å². The fourth-order valence-corrected chi connectivity index (χ4v) is 3.13. The highest BCUT2D eigenvalue weighted by molar-refractivity contribution is 5.78. The number of amides is 1. The fraction of sp³-hybridized carbons (Fsp3) is 0.812. The number of hydrogen-bond acceptors (Lipinski definition) is 3. The van der Waals surface area contributed by atoms with Crippen LogP contribution in [0.2, 0.25) is 0 Å². The lowest BCUT2D eigenvalue weighted by Crippen LogP contribution is -2.52. The summed E-state index contributed by atoms with van der Waals surface area (Å²) in [6, 6.07) is 0.443. The first-order chi connectivity index (χ1) is 9.70. The SMILES string of the molecule is COC[C@@H](C)N1CCN(C(=O)CC2=CCCCC2)CC1. The molecule has 0 aromatic heterocycles. The van der Waals surface area contributed by atoms with Gasteiger partial charge in [0.2, 0.25) is 5.91 Å². The molecule has 0 radical (unpaired) electrons. The number of piperazine rings is 1. The van der Waals surface area contributed by atoms with Crippen molar-refractivity contribution in [3.05, 3.63) is 11.6 Å². The van der Waals surface area contributed by atoms with Gasteiger partial charge in [0.15, 0.2) is 0 Å². The van der Waals surface area contributed by atoms with Crippen molar-refractivity contribution in [3.63, 3.8) is 0 Å². The van der Waals surface area contributed by atoms with Crippen LogP contribution in [-0.4, -0.2) is 61.6 Å². The molecular formula is C16H28N2O2. The number of methoxy groups -OCH3 is 1. The first-order valence-corrected chi connectivity index (χ1v) is 7.89. The highest BCUT2D eigenvalue weighted by atomic mass is 16.5. The predicted molar refractivity (Wildman–Crippen MR) is 80.7 cm³/mol. The van der Waals surface area contributed by atoms with Gasteiger partial charge in [0, 0.05) is 45.8 Å². The highest BCUT2D eigenvalue weighted by Crippen LogP contribution is 2.21. The zero-order chi connectivity index (χ0) is 14.4. The summed E-state index contributed by atoms with van der Waals surface area (Å²) in [6.07, 6.45) is 7.74. The molecule has 2 rings (SSSR count). The molecule has 0 spiro atoms. The Balaban J connectivity index is 1.75. The van der Waals surface area contributed by atoms with Crippen LogP contribution >= 0.6 is 0 Å². The minimum Gasteiger partial charge on any atom is -0.383 e. The van der Waals surface area contributed by atoms with Crippen LogP contribution in [0.1, 0.15) is 39.0 Å². The molecule has 1 amide bonds. The van der Waals surface area contributed by atoms with Crippen molar-refractivity contribution in [2.24, 2.45) is 0 Å². The molecular weight excluding hydrogens is 252 g/mol. The molecule has 1 heterocycles. The van der Waals surface area contributed by atoms with E-state index in [1.165, 1.54) is 18.4 Å². The molecule has 114 valence electrons. The Hall–Kier alpha value is -0.870. The van der Waals surface area contributed by atoms with Gasteiger partial charge >= 0.3 is 0 Å². The van der Waals surface area contributed by atoms with Crippen LogP contribution < -0.4 is 0 Å². The first-order valence-electron chi connectivity index (χ1n) is 7.89. The maximum Gasteiger partial charge on any atom is 0.226 e. The Morgan fingerprint density at radius 2 is 2.05 bits per heavy atom. The Labute approximate surface area is 122 Å². The van der Waals surface area contributed by atoms with E-state index >= 15 is 0 Å². The maximum atomic E-state index is 12.3. The van der Waals surface area contributed by atoms with Gasteiger partial charge in [0.1, 0.15) is 0 Å². The Bertz CT molecular complexity index is 346. The van der Waals surface area contributed by atoms with Crippen LogP contribution in [0.4, 0.5) is 0 Å². The molecule has 1 fully saturated rings. The molecule has 4 nitrogen and oxygen atoms in total. The summed E-state index contributed by atoms with van der Waals surface area (Å²) in [6.45, 7) is 6.61. The molecule has 0 bridgehead atoms. The van der Waals surface area contributed by atoms with Crippen molar-refractivity contribution in [2.45, 2.75) is 45.1 Å². The molecule has 1 saturated heterocycles. The largest absolute Gasteiger partial charge is 0.383 e. The van der Waals surface area contributed by atoms with Crippen molar-refractivity contribution >= 4 is 5.91 Å². The second-order valence-electron chi connectivity index (χ2n) is 6.01. The van der Waals surface area contributed by atoms with Crippen LogP contribution in [0.5, 0.6) is 0 Å². The number of carbonyl (C=O) groups is 1. The third-order valence-corrected chi connectivity index (χ3v) is 4.46. The summed E-state index contributed by atoms with van der Waals surface area (Å²) in [5.41, 5.74) is 1.36. The Kier molecular flexibility index (Phi) is 6.05. The second-order valence-corrected chi connectivity index (χ2v) is 6.01. The number of nitrogens with zero attached hydrogens (tertiary/aromatic N) is 2. The summed E-state index contributed by atoms with van der Waals surface area (Å²) in [4.78, 5) is 16.8. The standard InChI is InChI=1S/C16H28N2O2/c1-14(13-20-2)17-8-10-18(11-9-17)16(19)12-15-6-4-3-5-7-15/h6,14H,3-5,7-13H2,1-2H3/t14-/m1/s1. The molecule has 0 aromatic carbocycles. The first kappa shape index (κ1) is 15.5. The minimum atomic E-state index is 0.317. The average Bonchev–Trinajstić information content (AvgIpc) is 2.48. The van der Waals surface area contributed by atoms with Crippen molar-refractivity contribution in [1.82, 2.24) is 9.80 Å². The number of ether oxygens (including phenoxy) is 1. The maximum absolute atomic E-state index is 12.3. The van der Waals surface area contributed by atoms with Gasteiger partial charge in [-0.1, -0.05) is 11.6 Å². The van der Waals surface area contributed by atoms with Gasteiger partial charge in [-0.05, 0) is 32.6 Å². The zero-order valence-electron chi connectivity index (χ0n) is 12.9. The second kappa shape index (κ2) is 7.79. The molecule has 4 heteroatoms. The normalized spacial score (nSPS) is 22.5. The summed E-state index contributed by atoms with van der Waals surface area (Å²) in [5.74, 6) is 0.317. The van der Waals surface area contributed by atoms with Gasteiger partial charge in [-0.2, -0.15) is 0 Å². The third-order valence-electron chi connectivity index (χ3n) is 4.46. The summed E-state index contributed by atoms with van der Waals surface area (Å²) < 4.78 is 5.20. The highest BCUT2D eigenvalue weighted by Gasteiger charge is 2.24. The number of hydrogen-bond donors (Lipinski definition) is 0. The van der Waals surface area contributed by atoms with Gasteiger partial charge in [-0.15, -0.1) is 0 Å². The lowest BCUT2D eigenvalue weighted by Gasteiger charge is -2.38. The molecule has 1 atom stereocenters. The van der Waals surface area contributed by atoms with Gasteiger partial charge in [-0.25, -0.2) is 0 Å². The Morgan fingerprint density at radius 1 is 1.30 bits per heavy atom. The molecule has 1 aliphatic carbocycles. The van der Waals surface area contributed by atoms with Gasteiger partial charge in [0.05, 0.1) is 6.61 Å². The van der Waals surface area contributed by atoms with E-state index in [4.69, 9.17) is 4.74 Å². The van der Waals surface area contributed by atoms with E-state index in [1.54, 1.807) is 7.11 Å². The van der Waals surface area contributed by atoms with Gasteiger partial charge < -0.3 is 9.64 Å². The van der Waals surface area contributed by atoms with E-state index in [0.717, 1.165) is 45.6 Å². The van der Waals surface area contributed by atoms with Crippen LogP contribution in [0.25, 0.3) is 0 Å². The number of allylic oxidation sites excluding steroid dienone is 1. The van der Waals surface area contributed by atoms with Crippen molar-refractivity contribution in [3.8, 4) is 0 Å². The van der Waals surface area contributed by atoms with Crippen molar-refractivity contribution < 1.29 is 9.53 Å².